The van der Waals surface area contributed by atoms with Crippen LogP contribution in [0.5, 0.6) is 0 Å². The number of halogens is 1. The molecule has 0 spiro atoms. The molecule has 2 atom stereocenters. The number of hydrogen-bond acceptors (Lipinski definition) is 4. The number of nitrogens with one attached hydrogen (secondary N) is 1. The maximum atomic E-state index is 13.5. The van der Waals surface area contributed by atoms with Crippen LogP contribution in [0.15, 0.2) is 54.3 Å². The second kappa shape index (κ2) is 12.0. The molecule has 2 aromatic rings. The highest BCUT2D eigenvalue weighted by atomic mass is 35.5. The fourth-order valence-corrected chi connectivity index (χ4v) is 5.67. The lowest BCUT2D eigenvalue weighted by molar-refractivity contribution is -0.149. The highest BCUT2D eigenvalue weighted by molar-refractivity contribution is 6.30. The van der Waals surface area contributed by atoms with Crippen LogP contribution in [0.25, 0.3) is 6.08 Å². The van der Waals surface area contributed by atoms with Crippen LogP contribution in [0.2, 0.25) is 5.02 Å². The summed E-state index contributed by atoms with van der Waals surface area (Å²) in [4.78, 5) is 41.6. The summed E-state index contributed by atoms with van der Waals surface area (Å²) < 4.78 is 6.23. The third-order valence-corrected chi connectivity index (χ3v) is 7.87. The minimum atomic E-state index is -0.152. The molecule has 3 amide bonds. The Bertz CT molecular complexity index is 1190. The molecule has 0 aromatic heterocycles. The number of nitrogens with zero attached hydrogens (tertiary/aromatic N) is 2. The van der Waals surface area contributed by atoms with Crippen molar-refractivity contribution in [3.8, 4) is 0 Å². The van der Waals surface area contributed by atoms with Crippen LogP contribution in [-0.4, -0.2) is 59.3 Å². The summed E-state index contributed by atoms with van der Waals surface area (Å²) in [7, 11) is 0. The van der Waals surface area contributed by atoms with E-state index in [1.54, 1.807) is 18.2 Å². The Morgan fingerprint density at radius 2 is 1.79 bits per heavy atom. The second-order valence-corrected chi connectivity index (χ2v) is 10.7. The molecule has 0 radical (unpaired) electrons. The molecule has 1 N–H and O–H groups in total. The quantitative estimate of drug-likeness (QED) is 0.389. The Morgan fingerprint density at radius 1 is 1.03 bits per heavy atom. The van der Waals surface area contributed by atoms with Crippen molar-refractivity contribution in [3.05, 3.63) is 76.0 Å². The van der Waals surface area contributed by atoms with Gasteiger partial charge in [-0.1, -0.05) is 42.3 Å². The van der Waals surface area contributed by atoms with Gasteiger partial charge in [0.05, 0.1) is 6.04 Å². The van der Waals surface area contributed by atoms with Crippen LogP contribution >= 0.6 is 11.6 Å². The van der Waals surface area contributed by atoms with E-state index >= 15 is 0 Å². The molecular formula is C30H34ClN3O4. The first-order valence-corrected chi connectivity index (χ1v) is 14.0. The zero-order valence-electron chi connectivity index (χ0n) is 21.5. The monoisotopic (exact) mass is 535 g/mol. The first-order valence-electron chi connectivity index (χ1n) is 13.6. The third kappa shape index (κ3) is 6.21. The van der Waals surface area contributed by atoms with Gasteiger partial charge in [-0.15, -0.1) is 0 Å². The molecule has 3 aliphatic rings. The molecule has 38 heavy (non-hydrogen) atoms. The number of hydrogen-bond donors (Lipinski definition) is 1. The smallest absolute Gasteiger partial charge is 0.289 e. The number of likely N-dealkylation sites (tertiary alicyclic amines) is 1. The fourth-order valence-electron chi connectivity index (χ4n) is 5.54. The summed E-state index contributed by atoms with van der Waals surface area (Å²) in [5.41, 5.74) is 2.39. The van der Waals surface area contributed by atoms with Gasteiger partial charge in [0.15, 0.2) is 5.76 Å². The SMILES string of the molecule is O=C(NCCCN1CCCC1=O)c1ccc(/C=C2\OC3CCCCC3N(Cc3ccc(Cl)cc3)C2=O)cc1. The predicted molar refractivity (Wildman–Crippen MR) is 146 cm³/mol. The first kappa shape index (κ1) is 26.3. The Kier molecular flexibility index (Phi) is 8.32. The molecule has 2 saturated heterocycles. The van der Waals surface area contributed by atoms with Gasteiger partial charge in [0.25, 0.3) is 11.8 Å². The zero-order valence-corrected chi connectivity index (χ0v) is 22.3. The topological polar surface area (TPSA) is 79.0 Å². The number of carbonyl (C=O) groups is 3. The van der Waals surface area contributed by atoms with Crippen molar-refractivity contribution < 1.29 is 19.1 Å². The standard InChI is InChI=1S/C30H34ClN3O4/c31-24-14-10-22(11-15-24)20-34-25-5-1-2-6-26(25)38-27(30(34)37)19-21-8-12-23(13-9-21)29(36)32-16-4-18-33-17-3-7-28(33)35/h8-15,19,25-26H,1-7,16-18,20H2,(H,32,36)/b27-19-. The Hall–Kier alpha value is -3.32. The van der Waals surface area contributed by atoms with Crippen LogP contribution < -0.4 is 5.32 Å². The molecule has 1 aliphatic carbocycles. The minimum Gasteiger partial charge on any atom is -0.482 e. The zero-order chi connectivity index (χ0) is 26.5. The predicted octanol–water partition coefficient (Wildman–Crippen LogP) is 4.79. The van der Waals surface area contributed by atoms with E-state index in [0.29, 0.717) is 42.4 Å². The molecule has 2 unspecified atom stereocenters. The second-order valence-electron chi connectivity index (χ2n) is 10.3. The number of fused-ring (bicyclic) bond motifs is 1. The van der Waals surface area contributed by atoms with Crippen LogP contribution in [0, 0.1) is 0 Å². The normalized spacial score (nSPS) is 22.4. The van der Waals surface area contributed by atoms with E-state index in [2.05, 4.69) is 5.32 Å². The van der Waals surface area contributed by atoms with Crippen LogP contribution in [0.1, 0.15) is 66.4 Å². The highest BCUT2D eigenvalue weighted by Gasteiger charge is 2.41. The van der Waals surface area contributed by atoms with Gasteiger partial charge in [0, 0.05) is 43.2 Å². The molecule has 2 aromatic carbocycles. The van der Waals surface area contributed by atoms with Gasteiger partial charge < -0.3 is 19.9 Å². The average Bonchev–Trinajstić information content (AvgIpc) is 3.34. The Balaban J connectivity index is 1.22. The molecule has 200 valence electrons. The van der Waals surface area contributed by atoms with Crippen molar-refractivity contribution in [1.82, 2.24) is 15.1 Å². The highest BCUT2D eigenvalue weighted by Crippen LogP contribution is 2.34. The summed E-state index contributed by atoms with van der Waals surface area (Å²) >= 11 is 6.05. The van der Waals surface area contributed by atoms with Crippen molar-refractivity contribution in [3.63, 3.8) is 0 Å². The summed E-state index contributed by atoms with van der Waals surface area (Å²) in [5, 5.41) is 3.60. The lowest BCUT2D eigenvalue weighted by Gasteiger charge is -2.44. The fraction of sp³-hybridized carbons (Fsp3) is 0.433. The number of morpholine rings is 1. The van der Waals surface area contributed by atoms with Crippen molar-refractivity contribution in [2.75, 3.05) is 19.6 Å². The molecule has 1 saturated carbocycles. The van der Waals surface area contributed by atoms with Crippen molar-refractivity contribution >= 4 is 35.4 Å². The number of ether oxygens (including phenoxy) is 1. The summed E-state index contributed by atoms with van der Waals surface area (Å²) in [5.74, 6) is 0.284. The van der Waals surface area contributed by atoms with E-state index in [1.165, 1.54) is 0 Å². The lowest BCUT2D eigenvalue weighted by atomic mass is 9.89. The van der Waals surface area contributed by atoms with Crippen molar-refractivity contribution in [2.24, 2.45) is 0 Å². The van der Waals surface area contributed by atoms with Gasteiger partial charge in [0.1, 0.15) is 6.10 Å². The van der Waals surface area contributed by atoms with Gasteiger partial charge in [0.2, 0.25) is 5.91 Å². The van der Waals surface area contributed by atoms with Crippen LogP contribution in [0.4, 0.5) is 0 Å². The molecule has 0 bridgehead atoms. The Labute approximate surface area is 228 Å². The van der Waals surface area contributed by atoms with E-state index in [4.69, 9.17) is 16.3 Å². The number of amides is 3. The van der Waals surface area contributed by atoms with Crippen molar-refractivity contribution in [1.29, 1.82) is 0 Å². The van der Waals surface area contributed by atoms with E-state index in [1.807, 2.05) is 46.2 Å². The molecule has 5 rings (SSSR count). The number of carbonyl (C=O) groups excluding carboxylic acids is 3. The van der Waals surface area contributed by atoms with Crippen LogP contribution in [-0.2, 0) is 20.9 Å². The van der Waals surface area contributed by atoms with E-state index in [-0.39, 0.29) is 29.9 Å². The maximum absolute atomic E-state index is 13.5. The average molecular weight is 536 g/mol. The summed E-state index contributed by atoms with van der Waals surface area (Å²) in [6.07, 6.45) is 8.10. The number of benzene rings is 2. The van der Waals surface area contributed by atoms with Gasteiger partial charge in [-0.25, -0.2) is 0 Å². The Morgan fingerprint density at radius 3 is 2.53 bits per heavy atom. The molecule has 3 fully saturated rings. The van der Waals surface area contributed by atoms with Crippen molar-refractivity contribution in [2.45, 2.75) is 63.6 Å². The van der Waals surface area contributed by atoms with Gasteiger partial charge in [-0.05, 0) is 73.6 Å². The largest absolute Gasteiger partial charge is 0.482 e. The lowest BCUT2D eigenvalue weighted by Crippen LogP contribution is -2.54. The van der Waals surface area contributed by atoms with E-state index in [0.717, 1.165) is 56.2 Å². The molecular weight excluding hydrogens is 502 g/mol. The van der Waals surface area contributed by atoms with Gasteiger partial charge in [-0.2, -0.15) is 0 Å². The first-order chi connectivity index (χ1) is 18.5. The number of rotatable bonds is 8. The van der Waals surface area contributed by atoms with Gasteiger partial charge in [-0.3, -0.25) is 14.4 Å². The summed E-state index contributed by atoms with van der Waals surface area (Å²) in [6.45, 7) is 2.53. The maximum Gasteiger partial charge on any atom is 0.289 e. The van der Waals surface area contributed by atoms with Crippen LogP contribution in [0.3, 0.4) is 0 Å². The summed E-state index contributed by atoms with van der Waals surface area (Å²) in [6, 6.07) is 14.9. The molecule has 8 heteroatoms. The minimum absolute atomic E-state index is 0.0131. The van der Waals surface area contributed by atoms with E-state index in [9.17, 15) is 14.4 Å². The van der Waals surface area contributed by atoms with Gasteiger partial charge >= 0.3 is 0 Å². The molecule has 7 nitrogen and oxygen atoms in total. The molecule has 2 aliphatic heterocycles. The van der Waals surface area contributed by atoms with E-state index < -0.39 is 0 Å². The molecule has 2 heterocycles. The third-order valence-electron chi connectivity index (χ3n) is 7.62.